The molecule has 1 aromatic rings. The Morgan fingerprint density at radius 3 is 2.75 bits per heavy atom. The molecule has 2 heteroatoms. The third kappa shape index (κ3) is 3.60. The molecule has 0 amide bonds. The lowest BCUT2D eigenvalue weighted by molar-refractivity contribution is 0.406. The second-order valence-corrected chi connectivity index (χ2v) is 3.63. The molecule has 0 radical (unpaired) electrons. The van der Waals surface area contributed by atoms with E-state index in [0.29, 0.717) is 6.04 Å². The molecule has 0 bridgehead atoms. The van der Waals surface area contributed by atoms with Crippen LogP contribution in [-0.2, 0) is 6.42 Å². The summed E-state index contributed by atoms with van der Waals surface area (Å²) < 4.78 is 5.33. The van der Waals surface area contributed by atoms with Crippen molar-refractivity contribution in [2.24, 2.45) is 0 Å². The maximum absolute atomic E-state index is 5.33. The second kappa shape index (κ2) is 6.92. The summed E-state index contributed by atoms with van der Waals surface area (Å²) in [5.74, 6) is 6.98. The predicted octanol–water partition coefficient (Wildman–Crippen LogP) is 2.24. The quantitative estimate of drug-likeness (QED) is 0.764. The molecule has 0 fully saturated rings. The summed E-state index contributed by atoms with van der Waals surface area (Å²) in [4.78, 5) is 0. The maximum atomic E-state index is 5.33. The lowest BCUT2D eigenvalue weighted by Gasteiger charge is -2.15. The van der Waals surface area contributed by atoms with Crippen molar-refractivity contribution in [1.29, 1.82) is 0 Å². The van der Waals surface area contributed by atoms with Crippen molar-refractivity contribution in [3.8, 4) is 17.6 Å². The molecule has 0 aliphatic heterocycles. The van der Waals surface area contributed by atoms with Gasteiger partial charge in [0.25, 0.3) is 0 Å². The largest absolute Gasteiger partial charge is 0.496 e. The van der Waals surface area contributed by atoms with Crippen molar-refractivity contribution in [2.45, 2.75) is 25.8 Å². The molecular formula is C14H19NO. The number of benzene rings is 1. The van der Waals surface area contributed by atoms with E-state index in [4.69, 9.17) is 4.74 Å². The van der Waals surface area contributed by atoms with E-state index in [1.165, 1.54) is 5.56 Å². The highest BCUT2D eigenvalue weighted by molar-refractivity contribution is 5.34. The predicted molar refractivity (Wildman–Crippen MR) is 67.6 cm³/mol. The van der Waals surface area contributed by atoms with E-state index < -0.39 is 0 Å². The SMILES string of the molecule is CC#CCC(Cc1ccccc1OC)NC. The van der Waals surface area contributed by atoms with Crippen molar-refractivity contribution >= 4 is 0 Å². The van der Waals surface area contributed by atoms with Gasteiger partial charge in [0.05, 0.1) is 7.11 Å². The zero-order valence-electron chi connectivity index (χ0n) is 10.2. The van der Waals surface area contributed by atoms with Crippen molar-refractivity contribution in [3.63, 3.8) is 0 Å². The molecule has 1 N–H and O–H groups in total. The number of hydrogen-bond acceptors (Lipinski definition) is 2. The highest BCUT2D eigenvalue weighted by Crippen LogP contribution is 2.19. The number of para-hydroxylation sites is 1. The van der Waals surface area contributed by atoms with Crippen LogP contribution in [-0.4, -0.2) is 20.2 Å². The van der Waals surface area contributed by atoms with E-state index in [2.05, 4.69) is 23.2 Å². The van der Waals surface area contributed by atoms with Crippen LogP contribution in [0.25, 0.3) is 0 Å². The molecule has 0 spiro atoms. The van der Waals surface area contributed by atoms with Crippen LogP contribution in [0.3, 0.4) is 0 Å². The summed E-state index contributed by atoms with van der Waals surface area (Å²) >= 11 is 0. The van der Waals surface area contributed by atoms with E-state index in [1.807, 2.05) is 32.2 Å². The maximum Gasteiger partial charge on any atom is 0.122 e. The van der Waals surface area contributed by atoms with E-state index in [-0.39, 0.29) is 0 Å². The highest BCUT2D eigenvalue weighted by atomic mass is 16.5. The zero-order chi connectivity index (χ0) is 11.8. The molecule has 0 aliphatic carbocycles. The van der Waals surface area contributed by atoms with Gasteiger partial charge in [-0.2, -0.15) is 0 Å². The average Bonchev–Trinajstić information content (AvgIpc) is 2.34. The average molecular weight is 217 g/mol. The van der Waals surface area contributed by atoms with Crippen molar-refractivity contribution in [1.82, 2.24) is 5.32 Å². The monoisotopic (exact) mass is 217 g/mol. The number of ether oxygens (including phenoxy) is 1. The number of methoxy groups -OCH3 is 1. The first kappa shape index (κ1) is 12.6. The van der Waals surface area contributed by atoms with Crippen LogP contribution in [0.4, 0.5) is 0 Å². The third-order valence-corrected chi connectivity index (χ3v) is 2.59. The standard InChI is InChI=1S/C14H19NO/c1-4-5-9-13(15-2)11-12-8-6-7-10-14(12)16-3/h6-8,10,13,15H,9,11H2,1-3H3. The normalized spacial score (nSPS) is 11.4. The fourth-order valence-electron chi connectivity index (χ4n) is 1.64. The first-order valence-corrected chi connectivity index (χ1v) is 5.50. The zero-order valence-corrected chi connectivity index (χ0v) is 10.2. The Kier molecular flexibility index (Phi) is 5.45. The molecule has 86 valence electrons. The summed E-state index contributed by atoms with van der Waals surface area (Å²) in [5.41, 5.74) is 1.22. The number of hydrogen-bond donors (Lipinski definition) is 1. The molecule has 1 atom stereocenters. The Labute approximate surface area is 98.0 Å². The van der Waals surface area contributed by atoms with Gasteiger partial charge < -0.3 is 10.1 Å². The Balaban J connectivity index is 2.71. The topological polar surface area (TPSA) is 21.3 Å². The van der Waals surface area contributed by atoms with Crippen molar-refractivity contribution in [3.05, 3.63) is 29.8 Å². The molecule has 0 saturated carbocycles. The van der Waals surface area contributed by atoms with Gasteiger partial charge in [-0.1, -0.05) is 18.2 Å². The number of likely N-dealkylation sites (N-methyl/N-ethyl adjacent to an activating group) is 1. The Morgan fingerprint density at radius 1 is 1.38 bits per heavy atom. The van der Waals surface area contributed by atoms with Crippen LogP contribution in [0.1, 0.15) is 18.9 Å². The number of rotatable bonds is 5. The van der Waals surface area contributed by atoms with E-state index in [0.717, 1.165) is 18.6 Å². The van der Waals surface area contributed by atoms with Gasteiger partial charge in [-0.15, -0.1) is 11.8 Å². The lowest BCUT2D eigenvalue weighted by atomic mass is 10.0. The highest BCUT2D eigenvalue weighted by Gasteiger charge is 2.09. The van der Waals surface area contributed by atoms with Crippen molar-refractivity contribution < 1.29 is 4.74 Å². The summed E-state index contributed by atoms with van der Waals surface area (Å²) in [6.07, 6.45) is 1.81. The molecule has 0 heterocycles. The first-order valence-electron chi connectivity index (χ1n) is 5.50. The second-order valence-electron chi connectivity index (χ2n) is 3.63. The van der Waals surface area contributed by atoms with Crippen LogP contribution in [0.5, 0.6) is 5.75 Å². The summed E-state index contributed by atoms with van der Waals surface area (Å²) in [5, 5.41) is 3.28. The number of nitrogens with one attached hydrogen (secondary N) is 1. The summed E-state index contributed by atoms with van der Waals surface area (Å²) in [6.45, 7) is 1.87. The van der Waals surface area contributed by atoms with E-state index >= 15 is 0 Å². The third-order valence-electron chi connectivity index (χ3n) is 2.59. The molecule has 1 rings (SSSR count). The van der Waals surface area contributed by atoms with Gasteiger partial charge >= 0.3 is 0 Å². The van der Waals surface area contributed by atoms with Gasteiger partial charge in [-0.3, -0.25) is 0 Å². The smallest absolute Gasteiger partial charge is 0.122 e. The molecule has 0 aromatic heterocycles. The van der Waals surface area contributed by atoms with Crippen LogP contribution in [0, 0.1) is 11.8 Å². The van der Waals surface area contributed by atoms with Gasteiger partial charge in [0.2, 0.25) is 0 Å². The molecule has 1 unspecified atom stereocenters. The van der Waals surface area contributed by atoms with Gasteiger partial charge in [0, 0.05) is 12.5 Å². The minimum Gasteiger partial charge on any atom is -0.496 e. The molecule has 0 aliphatic rings. The first-order chi connectivity index (χ1) is 7.81. The molecule has 2 nitrogen and oxygen atoms in total. The van der Waals surface area contributed by atoms with Gasteiger partial charge in [-0.05, 0) is 32.0 Å². The van der Waals surface area contributed by atoms with Gasteiger partial charge in [0.1, 0.15) is 5.75 Å². The summed E-state index contributed by atoms with van der Waals surface area (Å²) in [6, 6.07) is 8.50. The molecule has 0 saturated heterocycles. The Hall–Kier alpha value is -1.46. The fraction of sp³-hybridized carbons (Fsp3) is 0.429. The lowest BCUT2D eigenvalue weighted by Crippen LogP contribution is -2.27. The Morgan fingerprint density at radius 2 is 2.12 bits per heavy atom. The summed E-state index contributed by atoms with van der Waals surface area (Å²) in [7, 11) is 3.68. The Bertz CT molecular complexity index is 376. The van der Waals surface area contributed by atoms with Crippen LogP contribution in [0.15, 0.2) is 24.3 Å². The van der Waals surface area contributed by atoms with Crippen molar-refractivity contribution in [2.75, 3.05) is 14.2 Å². The van der Waals surface area contributed by atoms with Gasteiger partial charge in [0.15, 0.2) is 0 Å². The van der Waals surface area contributed by atoms with Crippen LogP contribution < -0.4 is 10.1 Å². The van der Waals surface area contributed by atoms with E-state index in [9.17, 15) is 0 Å². The van der Waals surface area contributed by atoms with Gasteiger partial charge in [-0.25, -0.2) is 0 Å². The minimum atomic E-state index is 0.378. The minimum absolute atomic E-state index is 0.378. The van der Waals surface area contributed by atoms with E-state index in [1.54, 1.807) is 7.11 Å². The fourth-order valence-corrected chi connectivity index (χ4v) is 1.64. The van der Waals surface area contributed by atoms with Crippen LogP contribution >= 0.6 is 0 Å². The molecule has 16 heavy (non-hydrogen) atoms. The molecule has 1 aromatic carbocycles. The van der Waals surface area contributed by atoms with Crippen LogP contribution in [0.2, 0.25) is 0 Å². The molecular weight excluding hydrogens is 198 g/mol.